The molecule has 1 aromatic carbocycles. The monoisotopic (exact) mass is 312 g/mol. The van der Waals surface area contributed by atoms with Crippen molar-refractivity contribution in [1.29, 1.82) is 0 Å². The topological polar surface area (TPSA) is 9.23 Å². The van der Waals surface area contributed by atoms with Crippen molar-refractivity contribution in [1.82, 2.24) is 0 Å². The predicted octanol–water partition coefficient (Wildman–Crippen LogP) is 4.26. The summed E-state index contributed by atoms with van der Waals surface area (Å²) in [6.45, 7) is 2.56. The zero-order chi connectivity index (χ0) is 9.14. The molecule has 0 heterocycles. The fourth-order valence-electron chi connectivity index (χ4n) is 0.793. The Hall–Kier alpha value is 0.270. The van der Waals surface area contributed by atoms with Crippen molar-refractivity contribution >= 4 is 43.5 Å². The van der Waals surface area contributed by atoms with Crippen molar-refractivity contribution in [2.45, 2.75) is 6.92 Å². The van der Waals surface area contributed by atoms with Crippen LogP contribution in [0.25, 0.3) is 0 Å². The predicted molar refractivity (Wildman–Crippen MR) is 58.0 cm³/mol. The van der Waals surface area contributed by atoms with Gasteiger partial charge < -0.3 is 4.74 Å². The number of benzene rings is 1. The molecule has 0 saturated carbocycles. The van der Waals surface area contributed by atoms with Gasteiger partial charge in [0.1, 0.15) is 5.75 Å². The summed E-state index contributed by atoms with van der Waals surface area (Å²) in [4.78, 5) is 0. The van der Waals surface area contributed by atoms with Crippen LogP contribution in [0, 0.1) is 0 Å². The molecule has 1 nitrogen and oxygen atoms in total. The van der Waals surface area contributed by atoms with Crippen LogP contribution < -0.4 is 4.74 Å². The van der Waals surface area contributed by atoms with Gasteiger partial charge >= 0.3 is 0 Å². The molecule has 0 atom stereocenters. The van der Waals surface area contributed by atoms with E-state index in [0.717, 1.165) is 14.7 Å². The Morgan fingerprint density at radius 3 is 2.67 bits per heavy atom. The Labute approximate surface area is 93.3 Å². The molecule has 4 heteroatoms. The maximum absolute atomic E-state index is 5.83. The van der Waals surface area contributed by atoms with E-state index in [1.165, 1.54) is 0 Å². The van der Waals surface area contributed by atoms with Gasteiger partial charge in [-0.2, -0.15) is 0 Å². The molecular weight excluding hydrogens is 307 g/mol. The second-order valence-corrected chi connectivity index (χ2v) is 4.22. The molecule has 0 aliphatic rings. The fourth-order valence-corrected chi connectivity index (χ4v) is 1.92. The summed E-state index contributed by atoms with van der Waals surface area (Å²) in [6.07, 6.45) is 0. The lowest BCUT2D eigenvalue weighted by atomic mass is 10.3. The molecule has 0 N–H and O–H groups in total. The first kappa shape index (κ1) is 10.4. The van der Waals surface area contributed by atoms with Gasteiger partial charge in [0.25, 0.3) is 0 Å². The van der Waals surface area contributed by atoms with Gasteiger partial charge in [0, 0.05) is 9.50 Å². The number of ether oxygens (including phenoxy) is 1. The summed E-state index contributed by atoms with van der Waals surface area (Å²) in [5.74, 6) is 0.761. The molecule has 0 bridgehead atoms. The zero-order valence-electron chi connectivity index (χ0n) is 6.40. The second kappa shape index (κ2) is 4.49. The molecule has 66 valence electrons. The van der Waals surface area contributed by atoms with Gasteiger partial charge in [-0.1, -0.05) is 11.6 Å². The normalized spacial score (nSPS) is 10.0. The quantitative estimate of drug-likeness (QED) is 0.741. The number of halogens is 3. The molecule has 1 rings (SSSR count). The van der Waals surface area contributed by atoms with E-state index in [1.807, 2.05) is 13.0 Å². The van der Waals surface area contributed by atoms with Gasteiger partial charge in [-0.15, -0.1) is 0 Å². The molecule has 0 fully saturated rings. The van der Waals surface area contributed by atoms with Gasteiger partial charge in [-0.25, -0.2) is 0 Å². The largest absolute Gasteiger partial charge is 0.493 e. The van der Waals surface area contributed by atoms with Crippen LogP contribution in [0.15, 0.2) is 21.1 Å². The summed E-state index contributed by atoms with van der Waals surface area (Å²) in [7, 11) is 0. The van der Waals surface area contributed by atoms with Crippen molar-refractivity contribution in [3.8, 4) is 5.75 Å². The smallest absolute Gasteiger partial charge is 0.136 e. The Bertz CT molecular complexity index is 289. The van der Waals surface area contributed by atoms with E-state index in [4.69, 9.17) is 16.3 Å². The second-order valence-electron chi connectivity index (χ2n) is 2.13. The van der Waals surface area contributed by atoms with Crippen LogP contribution in [0.2, 0.25) is 5.02 Å². The van der Waals surface area contributed by atoms with Gasteiger partial charge in [0.15, 0.2) is 0 Å². The molecule has 0 unspecified atom stereocenters. The average Bonchev–Trinajstić information content (AvgIpc) is 2.00. The Morgan fingerprint density at radius 1 is 1.42 bits per heavy atom. The van der Waals surface area contributed by atoms with Crippen LogP contribution in [-0.4, -0.2) is 6.61 Å². The number of hydrogen-bond acceptors (Lipinski definition) is 1. The van der Waals surface area contributed by atoms with E-state index in [2.05, 4.69) is 31.9 Å². The zero-order valence-corrected chi connectivity index (χ0v) is 10.3. The molecule has 0 amide bonds. The average molecular weight is 314 g/mol. The summed E-state index contributed by atoms with van der Waals surface area (Å²) in [5, 5.41) is 0.661. The molecule has 0 aromatic heterocycles. The first-order valence-electron chi connectivity index (χ1n) is 3.42. The molecule has 12 heavy (non-hydrogen) atoms. The highest BCUT2D eigenvalue weighted by Crippen LogP contribution is 2.35. The maximum Gasteiger partial charge on any atom is 0.136 e. The Kier molecular flexibility index (Phi) is 3.87. The number of rotatable bonds is 2. The van der Waals surface area contributed by atoms with E-state index >= 15 is 0 Å². The van der Waals surface area contributed by atoms with Crippen molar-refractivity contribution in [3.05, 3.63) is 26.1 Å². The minimum Gasteiger partial charge on any atom is -0.493 e. The summed E-state index contributed by atoms with van der Waals surface area (Å²) < 4.78 is 7.14. The van der Waals surface area contributed by atoms with Crippen molar-refractivity contribution in [2.24, 2.45) is 0 Å². The highest BCUT2D eigenvalue weighted by atomic mass is 79.9. The highest BCUT2D eigenvalue weighted by molar-refractivity contribution is 9.13. The van der Waals surface area contributed by atoms with Crippen LogP contribution in [-0.2, 0) is 0 Å². The van der Waals surface area contributed by atoms with Crippen LogP contribution in [0.5, 0.6) is 5.75 Å². The maximum atomic E-state index is 5.83. The molecule has 0 saturated heterocycles. The first-order valence-corrected chi connectivity index (χ1v) is 5.39. The minimum atomic E-state index is 0.630. The van der Waals surface area contributed by atoms with Gasteiger partial charge in [-0.3, -0.25) is 0 Å². The molecule has 0 aliphatic heterocycles. The number of hydrogen-bond donors (Lipinski definition) is 0. The van der Waals surface area contributed by atoms with Gasteiger partial charge in [0.05, 0.1) is 11.1 Å². The highest BCUT2D eigenvalue weighted by Gasteiger charge is 2.06. The van der Waals surface area contributed by atoms with Crippen molar-refractivity contribution in [2.75, 3.05) is 6.61 Å². The fraction of sp³-hybridized carbons (Fsp3) is 0.250. The van der Waals surface area contributed by atoms with Gasteiger partial charge in [-0.05, 0) is 50.9 Å². The lowest BCUT2D eigenvalue weighted by Crippen LogP contribution is -1.92. The first-order chi connectivity index (χ1) is 5.65. The van der Waals surface area contributed by atoms with Crippen LogP contribution in [0.3, 0.4) is 0 Å². The van der Waals surface area contributed by atoms with Crippen molar-refractivity contribution < 1.29 is 4.74 Å². The summed E-state index contributed by atoms with van der Waals surface area (Å²) in [6, 6.07) is 3.59. The SMILES string of the molecule is CCOc1cc(Cl)cc(Br)c1Br. The third-order valence-corrected chi connectivity index (χ3v) is 3.45. The molecule has 0 aliphatic carbocycles. The lowest BCUT2D eigenvalue weighted by Gasteiger charge is -2.07. The third kappa shape index (κ3) is 2.38. The summed E-state index contributed by atoms with van der Waals surface area (Å²) in [5.41, 5.74) is 0. The standard InChI is InChI=1S/C8H7Br2ClO/c1-2-12-7-4-5(11)3-6(9)8(7)10/h3-4H,2H2,1H3. The lowest BCUT2D eigenvalue weighted by molar-refractivity contribution is 0.338. The van der Waals surface area contributed by atoms with E-state index < -0.39 is 0 Å². The van der Waals surface area contributed by atoms with Crippen LogP contribution in [0.1, 0.15) is 6.92 Å². The van der Waals surface area contributed by atoms with Crippen molar-refractivity contribution in [3.63, 3.8) is 0 Å². The van der Waals surface area contributed by atoms with Gasteiger partial charge in [0.2, 0.25) is 0 Å². The van der Waals surface area contributed by atoms with Crippen LogP contribution in [0.4, 0.5) is 0 Å². The summed E-state index contributed by atoms with van der Waals surface area (Å²) >= 11 is 12.6. The molecule has 1 aromatic rings. The molecular formula is C8H7Br2ClO. The Balaban J connectivity index is 3.09. The Morgan fingerprint density at radius 2 is 2.08 bits per heavy atom. The van der Waals surface area contributed by atoms with E-state index in [1.54, 1.807) is 6.07 Å². The third-order valence-electron chi connectivity index (χ3n) is 1.26. The molecule has 0 spiro atoms. The van der Waals surface area contributed by atoms with E-state index in [0.29, 0.717) is 11.6 Å². The molecule has 0 radical (unpaired) electrons. The minimum absolute atomic E-state index is 0.630. The van der Waals surface area contributed by atoms with E-state index in [9.17, 15) is 0 Å². The van der Waals surface area contributed by atoms with E-state index in [-0.39, 0.29) is 0 Å². The van der Waals surface area contributed by atoms with Crippen LogP contribution >= 0.6 is 43.5 Å².